The molecule has 1 saturated heterocycles. The standard InChI is InChI=1S/C16H15F2NO9/c17-6-2-4-1-5(15(25)28-13(4)8(18)10(6)21)14(24)19-9-12(23)11(22)7(3-20)27-16(9)26/h1-2,7,9,11-12,16,20-23,26H,3H2,(H,19,24)/t7?,9?,11-,12-,16?/m0/s1. The summed E-state index contributed by atoms with van der Waals surface area (Å²) in [7, 11) is 0. The molecule has 10 nitrogen and oxygen atoms in total. The van der Waals surface area contributed by atoms with Crippen LogP contribution in [0, 0.1) is 11.6 Å². The van der Waals surface area contributed by atoms with E-state index in [2.05, 4.69) is 9.73 Å². The van der Waals surface area contributed by atoms with Crippen molar-refractivity contribution in [2.45, 2.75) is 30.6 Å². The lowest BCUT2D eigenvalue weighted by Crippen LogP contribution is -2.64. The molecule has 1 aliphatic rings. The van der Waals surface area contributed by atoms with Crippen LogP contribution in [0.5, 0.6) is 5.75 Å². The van der Waals surface area contributed by atoms with Crippen LogP contribution in [-0.4, -0.2) is 68.7 Å². The molecule has 0 saturated carbocycles. The molecule has 12 heteroatoms. The van der Waals surface area contributed by atoms with Crippen LogP contribution in [0.15, 0.2) is 21.3 Å². The van der Waals surface area contributed by atoms with Crippen LogP contribution in [0.25, 0.3) is 11.0 Å². The molecular weight excluding hydrogens is 388 g/mol. The second-order valence-electron chi connectivity index (χ2n) is 6.11. The van der Waals surface area contributed by atoms with Gasteiger partial charge in [-0.3, -0.25) is 4.79 Å². The molecule has 6 N–H and O–H groups in total. The first-order valence-electron chi connectivity index (χ1n) is 7.92. The highest BCUT2D eigenvalue weighted by atomic mass is 19.1. The lowest BCUT2D eigenvalue weighted by molar-refractivity contribution is -0.252. The Hall–Kier alpha value is -2.64. The van der Waals surface area contributed by atoms with Crippen LogP contribution in [0.3, 0.4) is 0 Å². The number of amides is 1. The fraction of sp³-hybridized carbons (Fsp3) is 0.375. The highest BCUT2D eigenvalue weighted by molar-refractivity contribution is 5.97. The second-order valence-corrected chi connectivity index (χ2v) is 6.11. The summed E-state index contributed by atoms with van der Waals surface area (Å²) in [5, 5.41) is 49.6. The van der Waals surface area contributed by atoms with E-state index in [4.69, 9.17) is 9.84 Å². The number of rotatable bonds is 3. The van der Waals surface area contributed by atoms with Gasteiger partial charge in [0.2, 0.25) is 5.82 Å². The Bertz CT molecular complexity index is 979. The maximum absolute atomic E-state index is 13.8. The van der Waals surface area contributed by atoms with Crippen LogP contribution in [0.2, 0.25) is 0 Å². The molecule has 2 heterocycles. The third kappa shape index (κ3) is 3.31. The predicted octanol–water partition coefficient (Wildman–Crippen LogP) is -1.69. The van der Waals surface area contributed by atoms with Crippen molar-refractivity contribution < 1.29 is 48.3 Å². The van der Waals surface area contributed by atoms with Gasteiger partial charge in [-0.2, -0.15) is 4.39 Å². The number of phenolic OH excluding ortho intramolecular Hbond substituents is 1. The second kappa shape index (κ2) is 7.41. The van der Waals surface area contributed by atoms with Gasteiger partial charge in [0.25, 0.3) is 5.91 Å². The number of aliphatic hydroxyl groups is 4. The van der Waals surface area contributed by atoms with Gasteiger partial charge in [0.15, 0.2) is 23.4 Å². The number of hydrogen-bond donors (Lipinski definition) is 6. The first-order chi connectivity index (χ1) is 13.1. The van der Waals surface area contributed by atoms with Crippen molar-refractivity contribution in [2.24, 2.45) is 0 Å². The Morgan fingerprint density at radius 2 is 1.86 bits per heavy atom. The fourth-order valence-electron chi connectivity index (χ4n) is 2.82. The molecule has 1 fully saturated rings. The number of ether oxygens (including phenoxy) is 1. The minimum Gasteiger partial charge on any atom is -0.503 e. The average molecular weight is 403 g/mol. The third-order valence-electron chi connectivity index (χ3n) is 4.33. The molecule has 0 bridgehead atoms. The molecule has 3 rings (SSSR count). The minimum absolute atomic E-state index is 0.348. The summed E-state index contributed by atoms with van der Waals surface area (Å²) >= 11 is 0. The normalized spacial score (nSPS) is 27.7. The monoisotopic (exact) mass is 403 g/mol. The number of aromatic hydroxyl groups is 1. The average Bonchev–Trinajstić information content (AvgIpc) is 2.66. The summed E-state index contributed by atoms with van der Waals surface area (Å²) in [6, 6.07) is -0.165. The van der Waals surface area contributed by atoms with Crippen molar-refractivity contribution in [3.05, 3.63) is 39.8 Å². The van der Waals surface area contributed by atoms with Gasteiger partial charge in [-0.1, -0.05) is 0 Å². The Kier molecular flexibility index (Phi) is 5.32. The highest BCUT2D eigenvalue weighted by Gasteiger charge is 2.44. The minimum atomic E-state index is -1.83. The first-order valence-corrected chi connectivity index (χ1v) is 7.92. The number of phenols is 1. The van der Waals surface area contributed by atoms with Crippen molar-refractivity contribution >= 4 is 16.9 Å². The molecule has 0 aliphatic carbocycles. The Balaban J connectivity index is 1.92. The number of carbonyl (C=O) groups excluding carboxylic acids is 1. The van der Waals surface area contributed by atoms with E-state index in [-0.39, 0.29) is 5.39 Å². The molecule has 1 aromatic heterocycles. The number of benzene rings is 1. The predicted molar refractivity (Wildman–Crippen MR) is 85.3 cm³/mol. The van der Waals surface area contributed by atoms with Crippen LogP contribution < -0.4 is 10.9 Å². The zero-order valence-corrected chi connectivity index (χ0v) is 13.9. The largest absolute Gasteiger partial charge is 0.503 e. The molecule has 28 heavy (non-hydrogen) atoms. The number of fused-ring (bicyclic) bond motifs is 1. The number of hydrogen-bond acceptors (Lipinski definition) is 9. The van der Waals surface area contributed by atoms with Crippen molar-refractivity contribution in [3.63, 3.8) is 0 Å². The number of halogens is 2. The van der Waals surface area contributed by atoms with Crippen molar-refractivity contribution in [3.8, 4) is 5.75 Å². The molecule has 1 aromatic carbocycles. The maximum Gasteiger partial charge on any atom is 0.349 e. The van der Waals surface area contributed by atoms with Crippen molar-refractivity contribution in [1.29, 1.82) is 0 Å². The highest BCUT2D eigenvalue weighted by Crippen LogP contribution is 2.28. The lowest BCUT2D eigenvalue weighted by Gasteiger charge is -2.40. The summed E-state index contributed by atoms with van der Waals surface area (Å²) < 4.78 is 36.8. The van der Waals surface area contributed by atoms with Crippen LogP contribution in [0.4, 0.5) is 8.78 Å². The van der Waals surface area contributed by atoms with E-state index in [0.29, 0.717) is 6.07 Å². The molecule has 1 aliphatic heterocycles. The van der Waals surface area contributed by atoms with Gasteiger partial charge in [0.1, 0.15) is 29.9 Å². The van der Waals surface area contributed by atoms with Gasteiger partial charge in [0.05, 0.1) is 6.61 Å². The van der Waals surface area contributed by atoms with E-state index in [1.807, 2.05) is 0 Å². The summed E-state index contributed by atoms with van der Waals surface area (Å²) in [5.74, 6) is -5.43. The number of aliphatic hydroxyl groups excluding tert-OH is 4. The molecule has 2 aromatic rings. The van der Waals surface area contributed by atoms with Gasteiger partial charge in [-0.25, -0.2) is 9.18 Å². The fourth-order valence-corrected chi connectivity index (χ4v) is 2.82. The van der Waals surface area contributed by atoms with Gasteiger partial charge < -0.3 is 40.0 Å². The summed E-state index contributed by atoms with van der Waals surface area (Å²) in [5.41, 5.74) is -2.85. The maximum atomic E-state index is 13.8. The zero-order chi connectivity index (χ0) is 20.7. The third-order valence-corrected chi connectivity index (χ3v) is 4.33. The Morgan fingerprint density at radius 1 is 1.18 bits per heavy atom. The first kappa shape index (κ1) is 20.1. The van der Waals surface area contributed by atoms with E-state index >= 15 is 0 Å². The molecule has 5 atom stereocenters. The van der Waals surface area contributed by atoms with E-state index in [1.165, 1.54) is 0 Å². The number of nitrogens with one attached hydrogen (secondary N) is 1. The Morgan fingerprint density at radius 3 is 2.50 bits per heavy atom. The van der Waals surface area contributed by atoms with Crippen molar-refractivity contribution in [1.82, 2.24) is 5.32 Å². The van der Waals surface area contributed by atoms with E-state index in [1.54, 1.807) is 0 Å². The SMILES string of the molecule is O=C(NC1C(O)OC(CO)[C@H](O)[C@H]1O)c1cc2cc(F)c(O)c(F)c2oc1=O. The van der Waals surface area contributed by atoms with Crippen molar-refractivity contribution in [2.75, 3.05) is 6.61 Å². The van der Waals surface area contributed by atoms with Gasteiger partial charge in [-0.15, -0.1) is 0 Å². The Labute approximate surface area is 154 Å². The molecule has 152 valence electrons. The summed E-state index contributed by atoms with van der Waals surface area (Å²) in [6.07, 6.45) is -6.55. The van der Waals surface area contributed by atoms with Crippen LogP contribution >= 0.6 is 0 Å². The summed E-state index contributed by atoms with van der Waals surface area (Å²) in [6.45, 7) is -0.714. The molecule has 0 spiro atoms. The molecular formula is C16H15F2NO9. The van der Waals surface area contributed by atoms with E-state index in [9.17, 15) is 38.8 Å². The summed E-state index contributed by atoms with van der Waals surface area (Å²) in [4.78, 5) is 24.3. The molecule has 3 unspecified atom stereocenters. The van der Waals surface area contributed by atoms with Crippen LogP contribution in [0.1, 0.15) is 10.4 Å². The zero-order valence-electron chi connectivity index (χ0n) is 13.9. The number of carbonyl (C=O) groups is 1. The molecule has 0 radical (unpaired) electrons. The quantitative estimate of drug-likeness (QED) is 0.327. The smallest absolute Gasteiger partial charge is 0.349 e. The van der Waals surface area contributed by atoms with E-state index in [0.717, 1.165) is 6.07 Å². The molecule has 1 amide bonds. The topological polar surface area (TPSA) is 170 Å². The van der Waals surface area contributed by atoms with Gasteiger partial charge in [-0.05, 0) is 12.1 Å². The van der Waals surface area contributed by atoms with Gasteiger partial charge in [0, 0.05) is 5.39 Å². The van der Waals surface area contributed by atoms with Crippen LogP contribution in [-0.2, 0) is 4.74 Å². The lowest BCUT2D eigenvalue weighted by atomic mass is 9.97. The van der Waals surface area contributed by atoms with E-state index < -0.39 is 77.3 Å². The van der Waals surface area contributed by atoms with Gasteiger partial charge >= 0.3 is 5.63 Å².